The van der Waals surface area contributed by atoms with Gasteiger partial charge in [-0.25, -0.2) is 14.2 Å². The first-order valence-electron chi connectivity index (χ1n) is 7.75. The van der Waals surface area contributed by atoms with Crippen molar-refractivity contribution < 1.29 is 18.7 Å². The van der Waals surface area contributed by atoms with Gasteiger partial charge in [-0.15, -0.1) is 0 Å². The number of piperidine rings is 1. The Morgan fingerprint density at radius 1 is 1.46 bits per heavy atom. The molecule has 2 amide bonds. The second kappa shape index (κ2) is 7.34. The first-order valence-corrected chi connectivity index (χ1v) is 8.13. The summed E-state index contributed by atoms with van der Waals surface area (Å²) in [6.45, 7) is 6.34. The van der Waals surface area contributed by atoms with Gasteiger partial charge in [0.2, 0.25) is 0 Å². The summed E-state index contributed by atoms with van der Waals surface area (Å²) in [6, 6.07) is 0.816. The monoisotopic (exact) mass is 357 g/mol. The Labute approximate surface area is 145 Å². The van der Waals surface area contributed by atoms with Crippen LogP contribution in [0.2, 0.25) is 5.15 Å². The predicted molar refractivity (Wildman–Crippen MR) is 87.5 cm³/mol. The molecule has 0 unspecified atom stereocenters. The SMILES string of the molecule is CC(C)(C)OC(=O)N1CCC[C@H](NC(=O)c2cnc(Cl)c(F)c2)C1. The van der Waals surface area contributed by atoms with Crippen LogP contribution in [0.15, 0.2) is 12.3 Å². The van der Waals surface area contributed by atoms with Crippen LogP contribution < -0.4 is 5.32 Å². The molecule has 1 aromatic rings. The molecule has 132 valence electrons. The molecule has 0 bridgehead atoms. The molecule has 2 rings (SSSR count). The molecule has 1 atom stereocenters. The van der Waals surface area contributed by atoms with Crippen LogP contribution >= 0.6 is 11.6 Å². The normalized spacial score (nSPS) is 18.2. The molecule has 1 N–H and O–H groups in total. The lowest BCUT2D eigenvalue weighted by Crippen LogP contribution is -2.50. The van der Waals surface area contributed by atoms with Gasteiger partial charge >= 0.3 is 6.09 Å². The predicted octanol–water partition coefficient (Wildman–Crippen LogP) is 3.00. The van der Waals surface area contributed by atoms with Crippen molar-refractivity contribution in [2.24, 2.45) is 0 Å². The molecule has 0 aliphatic carbocycles. The zero-order valence-corrected chi connectivity index (χ0v) is 14.7. The van der Waals surface area contributed by atoms with Gasteiger partial charge in [-0.3, -0.25) is 4.79 Å². The topological polar surface area (TPSA) is 71.5 Å². The molecule has 1 aliphatic heterocycles. The van der Waals surface area contributed by atoms with Crippen molar-refractivity contribution in [3.8, 4) is 0 Å². The summed E-state index contributed by atoms with van der Waals surface area (Å²) in [4.78, 5) is 29.5. The number of hydrogen-bond acceptors (Lipinski definition) is 4. The van der Waals surface area contributed by atoms with Crippen LogP contribution in [0.5, 0.6) is 0 Å². The average Bonchev–Trinajstić information content (AvgIpc) is 2.48. The van der Waals surface area contributed by atoms with Gasteiger partial charge < -0.3 is 15.0 Å². The number of aromatic nitrogens is 1. The first kappa shape index (κ1) is 18.4. The molecule has 8 heteroatoms. The van der Waals surface area contributed by atoms with E-state index in [0.717, 1.165) is 18.9 Å². The highest BCUT2D eigenvalue weighted by molar-refractivity contribution is 6.29. The smallest absolute Gasteiger partial charge is 0.410 e. The van der Waals surface area contributed by atoms with Gasteiger partial charge in [0.15, 0.2) is 11.0 Å². The number of hydrogen-bond donors (Lipinski definition) is 1. The van der Waals surface area contributed by atoms with Crippen molar-refractivity contribution in [2.45, 2.75) is 45.3 Å². The molecule has 1 aromatic heterocycles. The number of amides is 2. The van der Waals surface area contributed by atoms with E-state index >= 15 is 0 Å². The second-order valence-electron chi connectivity index (χ2n) is 6.74. The van der Waals surface area contributed by atoms with Crippen molar-refractivity contribution in [2.75, 3.05) is 13.1 Å². The van der Waals surface area contributed by atoms with E-state index in [1.807, 2.05) is 0 Å². The van der Waals surface area contributed by atoms with E-state index < -0.39 is 23.4 Å². The van der Waals surface area contributed by atoms with Gasteiger partial charge in [0.05, 0.1) is 5.56 Å². The number of rotatable bonds is 2. The summed E-state index contributed by atoms with van der Waals surface area (Å²) in [7, 11) is 0. The van der Waals surface area contributed by atoms with Crippen molar-refractivity contribution in [3.63, 3.8) is 0 Å². The van der Waals surface area contributed by atoms with Crippen LogP contribution in [0.4, 0.5) is 9.18 Å². The average molecular weight is 358 g/mol. The number of carbonyl (C=O) groups excluding carboxylic acids is 2. The fraction of sp³-hybridized carbons (Fsp3) is 0.562. The Bertz CT molecular complexity index is 633. The quantitative estimate of drug-likeness (QED) is 0.826. The van der Waals surface area contributed by atoms with E-state index in [-0.39, 0.29) is 16.8 Å². The summed E-state index contributed by atoms with van der Waals surface area (Å²) in [5.41, 5.74) is -0.481. The zero-order valence-electron chi connectivity index (χ0n) is 13.9. The van der Waals surface area contributed by atoms with E-state index in [9.17, 15) is 14.0 Å². The Hall–Kier alpha value is -1.89. The Balaban J connectivity index is 1.96. The third-order valence-electron chi connectivity index (χ3n) is 3.47. The molecule has 0 spiro atoms. The number of nitrogens with one attached hydrogen (secondary N) is 1. The minimum atomic E-state index is -0.747. The highest BCUT2D eigenvalue weighted by Crippen LogP contribution is 2.16. The molecule has 0 aromatic carbocycles. The van der Waals surface area contributed by atoms with E-state index in [1.165, 1.54) is 6.20 Å². The van der Waals surface area contributed by atoms with Crippen molar-refractivity contribution in [1.29, 1.82) is 0 Å². The number of pyridine rings is 1. The summed E-state index contributed by atoms with van der Waals surface area (Å²) >= 11 is 5.51. The van der Waals surface area contributed by atoms with Crippen molar-refractivity contribution >= 4 is 23.6 Å². The lowest BCUT2D eigenvalue weighted by molar-refractivity contribution is 0.0185. The minimum absolute atomic E-state index is 0.0892. The summed E-state index contributed by atoms with van der Waals surface area (Å²) in [5, 5.41) is 2.51. The maximum absolute atomic E-state index is 13.4. The molecule has 24 heavy (non-hydrogen) atoms. The van der Waals surface area contributed by atoms with Gasteiger partial charge in [0.1, 0.15) is 5.60 Å². The van der Waals surface area contributed by atoms with Crippen LogP contribution in [0.25, 0.3) is 0 Å². The number of likely N-dealkylation sites (tertiary alicyclic amines) is 1. The molecule has 6 nitrogen and oxygen atoms in total. The van der Waals surface area contributed by atoms with Crippen LogP contribution in [0.3, 0.4) is 0 Å². The van der Waals surface area contributed by atoms with Crippen molar-refractivity contribution in [1.82, 2.24) is 15.2 Å². The summed E-state index contributed by atoms with van der Waals surface area (Å²) in [6.07, 6.45) is 2.29. The maximum Gasteiger partial charge on any atom is 0.410 e. The van der Waals surface area contributed by atoms with Gasteiger partial charge in [-0.1, -0.05) is 11.6 Å². The van der Waals surface area contributed by atoms with Crippen LogP contribution in [-0.4, -0.2) is 46.6 Å². The van der Waals surface area contributed by atoms with E-state index in [4.69, 9.17) is 16.3 Å². The van der Waals surface area contributed by atoms with Gasteiger partial charge in [0, 0.05) is 25.3 Å². The second-order valence-corrected chi connectivity index (χ2v) is 7.09. The van der Waals surface area contributed by atoms with E-state index in [1.54, 1.807) is 25.7 Å². The third kappa shape index (κ3) is 5.06. The number of halogens is 2. The standard InChI is InChI=1S/C16H21ClFN3O3/c1-16(2,3)24-15(23)21-6-4-5-11(9-21)20-14(22)10-7-12(18)13(17)19-8-10/h7-8,11H,4-6,9H2,1-3H3,(H,20,22)/t11-/m0/s1. The Morgan fingerprint density at radius 2 is 2.17 bits per heavy atom. The number of nitrogens with zero attached hydrogens (tertiary/aromatic N) is 2. The molecule has 1 fully saturated rings. The third-order valence-corrected chi connectivity index (χ3v) is 3.74. The number of ether oxygens (including phenoxy) is 1. The lowest BCUT2D eigenvalue weighted by atomic mass is 10.1. The fourth-order valence-electron chi connectivity index (χ4n) is 2.40. The maximum atomic E-state index is 13.4. The van der Waals surface area contributed by atoms with E-state index in [2.05, 4.69) is 10.3 Å². The van der Waals surface area contributed by atoms with Gasteiger partial charge in [0.25, 0.3) is 5.91 Å². The summed E-state index contributed by atoms with van der Waals surface area (Å²) in [5.74, 6) is -1.20. The van der Waals surface area contributed by atoms with E-state index in [0.29, 0.717) is 13.1 Å². The molecule has 1 saturated heterocycles. The van der Waals surface area contributed by atoms with Gasteiger partial charge in [-0.2, -0.15) is 0 Å². The zero-order chi connectivity index (χ0) is 17.9. The molecular weight excluding hydrogens is 337 g/mol. The molecule has 0 saturated carbocycles. The molecule has 1 aliphatic rings. The summed E-state index contributed by atoms with van der Waals surface area (Å²) < 4.78 is 18.7. The highest BCUT2D eigenvalue weighted by atomic mass is 35.5. The molecular formula is C16H21ClFN3O3. The van der Waals surface area contributed by atoms with Gasteiger partial charge in [-0.05, 0) is 39.7 Å². The first-order chi connectivity index (χ1) is 11.2. The Morgan fingerprint density at radius 3 is 2.79 bits per heavy atom. The number of carbonyl (C=O) groups is 2. The molecule has 0 radical (unpaired) electrons. The van der Waals surface area contributed by atoms with Crippen LogP contribution in [-0.2, 0) is 4.74 Å². The van der Waals surface area contributed by atoms with Crippen LogP contribution in [0, 0.1) is 5.82 Å². The minimum Gasteiger partial charge on any atom is -0.444 e. The Kier molecular flexibility index (Phi) is 5.64. The lowest BCUT2D eigenvalue weighted by Gasteiger charge is -2.34. The van der Waals surface area contributed by atoms with Crippen LogP contribution in [0.1, 0.15) is 44.0 Å². The fourth-order valence-corrected chi connectivity index (χ4v) is 2.50. The molecule has 2 heterocycles. The largest absolute Gasteiger partial charge is 0.444 e. The van der Waals surface area contributed by atoms with Crippen molar-refractivity contribution in [3.05, 3.63) is 28.8 Å². The highest BCUT2D eigenvalue weighted by Gasteiger charge is 2.28.